The zero-order valence-electron chi connectivity index (χ0n) is 11.1. The molecule has 1 aromatic rings. The molecule has 0 bridgehead atoms. The van der Waals surface area contributed by atoms with Crippen LogP contribution in [-0.4, -0.2) is 29.8 Å². The van der Waals surface area contributed by atoms with E-state index in [2.05, 4.69) is 32.5 Å². The van der Waals surface area contributed by atoms with Crippen LogP contribution in [0.25, 0.3) is 0 Å². The van der Waals surface area contributed by atoms with Crippen molar-refractivity contribution in [1.82, 2.24) is 15.5 Å². The van der Waals surface area contributed by atoms with E-state index >= 15 is 0 Å². The number of anilines is 1. The lowest BCUT2D eigenvalue weighted by Gasteiger charge is -2.32. The van der Waals surface area contributed by atoms with Gasteiger partial charge in [0.25, 0.3) is 0 Å². The van der Waals surface area contributed by atoms with E-state index < -0.39 is 0 Å². The first kappa shape index (κ1) is 11.9. The third kappa shape index (κ3) is 2.21. The minimum atomic E-state index is 0.725. The van der Waals surface area contributed by atoms with Crippen LogP contribution < -0.4 is 10.2 Å². The second kappa shape index (κ2) is 5.22. The number of aromatic nitrogens is 2. The van der Waals surface area contributed by atoms with Crippen molar-refractivity contribution in [2.75, 3.05) is 18.5 Å². The van der Waals surface area contributed by atoms with Gasteiger partial charge in [0.05, 0.1) is 5.69 Å². The lowest BCUT2D eigenvalue weighted by atomic mass is 9.85. The first-order valence-electron chi connectivity index (χ1n) is 7.12. The fourth-order valence-corrected chi connectivity index (χ4v) is 3.47. The average Bonchev–Trinajstić information content (AvgIpc) is 2.84. The van der Waals surface area contributed by atoms with Gasteiger partial charge in [0.2, 0.25) is 0 Å². The van der Waals surface area contributed by atoms with Gasteiger partial charge in [-0.3, -0.25) is 0 Å². The Morgan fingerprint density at radius 1 is 1.22 bits per heavy atom. The first-order valence-corrected chi connectivity index (χ1v) is 7.12. The third-order valence-corrected chi connectivity index (χ3v) is 4.37. The minimum absolute atomic E-state index is 0.725. The summed E-state index contributed by atoms with van der Waals surface area (Å²) in [5.41, 5.74) is 1.01. The summed E-state index contributed by atoms with van der Waals surface area (Å²) < 4.78 is 0. The predicted octanol–water partition coefficient (Wildman–Crippen LogP) is 1.96. The van der Waals surface area contributed by atoms with Gasteiger partial charge in [0.15, 0.2) is 5.82 Å². The van der Waals surface area contributed by atoms with E-state index in [-0.39, 0.29) is 0 Å². The van der Waals surface area contributed by atoms with Crippen molar-refractivity contribution in [1.29, 1.82) is 0 Å². The monoisotopic (exact) mass is 246 g/mol. The Bertz CT molecular complexity index is 389. The average molecular weight is 246 g/mol. The summed E-state index contributed by atoms with van der Waals surface area (Å²) in [4.78, 5) is 2.49. The molecule has 1 aliphatic heterocycles. The number of nitrogens with zero attached hydrogens (tertiary/aromatic N) is 3. The summed E-state index contributed by atoms with van der Waals surface area (Å²) in [6, 6.07) is 4.95. The van der Waals surface area contributed by atoms with Crippen molar-refractivity contribution < 1.29 is 0 Å². The number of nitrogens with one attached hydrogen (secondary N) is 1. The molecule has 98 valence electrons. The molecule has 2 heterocycles. The fraction of sp³-hybridized carbons (Fsp3) is 0.714. The van der Waals surface area contributed by atoms with Crippen LogP contribution in [0.4, 0.5) is 5.82 Å². The van der Waals surface area contributed by atoms with Crippen molar-refractivity contribution in [3.8, 4) is 0 Å². The summed E-state index contributed by atoms with van der Waals surface area (Å²) in [5, 5.41) is 11.8. The highest BCUT2D eigenvalue weighted by Crippen LogP contribution is 2.37. The van der Waals surface area contributed by atoms with Gasteiger partial charge in [0.1, 0.15) is 0 Å². The molecule has 0 spiro atoms. The molecule has 1 saturated heterocycles. The van der Waals surface area contributed by atoms with Crippen molar-refractivity contribution in [2.24, 2.45) is 5.92 Å². The van der Waals surface area contributed by atoms with Gasteiger partial charge in [-0.1, -0.05) is 12.8 Å². The van der Waals surface area contributed by atoms with Crippen molar-refractivity contribution in [3.05, 3.63) is 17.8 Å². The first-order chi connectivity index (χ1) is 8.88. The summed E-state index contributed by atoms with van der Waals surface area (Å²) in [5.74, 6) is 1.97. The van der Waals surface area contributed by atoms with E-state index in [0.29, 0.717) is 0 Å². The van der Waals surface area contributed by atoms with E-state index in [1.807, 2.05) is 7.05 Å². The molecular weight excluding hydrogens is 224 g/mol. The maximum Gasteiger partial charge on any atom is 0.151 e. The normalized spacial score (nSPS) is 27.3. The molecule has 2 fully saturated rings. The zero-order chi connectivity index (χ0) is 12.4. The Kier molecular flexibility index (Phi) is 3.46. The van der Waals surface area contributed by atoms with Crippen LogP contribution in [0.15, 0.2) is 12.1 Å². The van der Waals surface area contributed by atoms with Crippen LogP contribution in [-0.2, 0) is 6.54 Å². The molecule has 2 aliphatic rings. The maximum atomic E-state index is 4.41. The number of fused-ring (bicyclic) bond motifs is 1. The lowest BCUT2D eigenvalue weighted by molar-refractivity contribution is 0.341. The fourth-order valence-electron chi connectivity index (χ4n) is 3.47. The summed E-state index contributed by atoms with van der Waals surface area (Å²) >= 11 is 0. The second-order valence-corrected chi connectivity index (χ2v) is 5.51. The summed E-state index contributed by atoms with van der Waals surface area (Å²) in [6.45, 7) is 1.95. The van der Waals surface area contributed by atoms with Gasteiger partial charge < -0.3 is 10.2 Å². The van der Waals surface area contributed by atoms with Gasteiger partial charge in [0, 0.05) is 19.1 Å². The molecule has 0 aromatic carbocycles. The number of rotatable bonds is 3. The Morgan fingerprint density at radius 3 is 2.89 bits per heavy atom. The van der Waals surface area contributed by atoms with Crippen LogP contribution >= 0.6 is 0 Å². The topological polar surface area (TPSA) is 41.0 Å². The Labute approximate surface area is 109 Å². The third-order valence-electron chi connectivity index (χ3n) is 4.37. The summed E-state index contributed by atoms with van der Waals surface area (Å²) in [6.07, 6.45) is 6.88. The molecule has 1 N–H and O–H groups in total. The van der Waals surface area contributed by atoms with Crippen LogP contribution in [0, 0.1) is 5.92 Å². The highest BCUT2D eigenvalue weighted by Gasteiger charge is 2.36. The van der Waals surface area contributed by atoms with E-state index in [1.165, 1.54) is 32.1 Å². The Morgan fingerprint density at radius 2 is 2.11 bits per heavy atom. The van der Waals surface area contributed by atoms with Gasteiger partial charge in [-0.2, -0.15) is 5.10 Å². The lowest BCUT2D eigenvalue weighted by Crippen LogP contribution is -2.35. The predicted molar refractivity (Wildman–Crippen MR) is 72.5 cm³/mol. The Balaban J connectivity index is 1.74. The molecule has 0 radical (unpaired) electrons. The molecule has 4 heteroatoms. The molecule has 2 atom stereocenters. The Hall–Kier alpha value is -1.16. The molecule has 1 aliphatic carbocycles. The quantitative estimate of drug-likeness (QED) is 0.885. The van der Waals surface area contributed by atoms with Crippen LogP contribution in [0.1, 0.15) is 37.8 Å². The molecule has 2 unspecified atom stereocenters. The van der Waals surface area contributed by atoms with E-state index in [9.17, 15) is 0 Å². The number of hydrogen-bond acceptors (Lipinski definition) is 4. The van der Waals surface area contributed by atoms with Crippen molar-refractivity contribution >= 4 is 5.82 Å². The molecule has 18 heavy (non-hydrogen) atoms. The smallest absolute Gasteiger partial charge is 0.151 e. The standard InChI is InChI=1S/C14H22N4/c1-15-10-12-6-7-14(17-16-12)18-9-8-11-4-2-3-5-13(11)18/h6-7,11,13,15H,2-5,8-10H2,1H3. The molecule has 1 aromatic heterocycles. The minimum Gasteiger partial charge on any atom is -0.352 e. The van der Waals surface area contributed by atoms with Crippen LogP contribution in [0.5, 0.6) is 0 Å². The van der Waals surface area contributed by atoms with Gasteiger partial charge >= 0.3 is 0 Å². The van der Waals surface area contributed by atoms with Crippen molar-refractivity contribution in [2.45, 2.75) is 44.7 Å². The van der Waals surface area contributed by atoms with Gasteiger partial charge in [-0.05, 0) is 44.4 Å². The number of hydrogen-bond donors (Lipinski definition) is 1. The zero-order valence-corrected chi connectivity index (χ0v) is 11.1. The van der Waals surface area contributed by atoms with Crippen LogP contribution in [0.2, 0.25) is 0 Å². The SMILES string of the molecule is CNCc1ccc(N2CCC3CCCCC32)nn1. The molecule has 4 nitrogen and oxygen atoms in total. The van der Waals surface area contributed by atoms with Gasteiger partial charge in [-0.15, -0.1) is 5.10 Å². The highest BCUT2D eigenvalue weighted by atomic mass is 15.3. The van der Waals surface area contributed by atoms with E-state index in [1.54, 1.807) is 0 Å². The maximum absolute atomic E-state index is 4.41. The van der Waals surface area contributed by atoms with E-state index in [0.717, 1.165) is 36.6 Å². The summed E-state index contributed by atoms with van der Waals surface area (Å²) in [7, 11) is 1.93. The van der Waals surface area contributed by atoms with Crippen LogP contribution in [0.3, 0.4) is 0 Å². The second-order valence-electron chi connectivity index (χ2n) is 5.51. The van der Waals surface area contributed by atoms with E-state index in [4.69, 9.17) is 0 Å². The highest BCUT2D eigenvalue weighted by molar-refractivity contribution is 5.40. The largest absolute Gasteiger partial charge is 0.352 e. The van der Waals surface area contributed by atoms with Crippen molar-refractivity contribution in [3.63, 3.8) is 0 Å². The van der Waals surface area contributed by atoms with Gasteiger partial charge in [-0.25, -0.2) is 0 Å². The molecular formula is C14H22N4. The molecule has 0 amide bonds. The molecule has 3 rings (SSSR count). The molecule has 1 saturated carbocycles.